The first-order chi connectivity index (χ1) is 15.0. The summed E-state index contributed by atoms with van der Waals surface area (Å²) >= 11 is 3.15. The van der Waals surface area contributed by atoms with Gasteiger partial charge in [-0.15, -0.1) is 0 Å². The fraction of sp³-hybridized carbons (Fsp3) is 0.222. The van der Waals surface area contributed by atoms with E-state index in [4.69, 9.17) is 0 Å². The Labute approximate surface area is 338 Å². The van der Waals surface area contributed by atoms with E-state index in [1.807, 2.05) is 0 Å². The number of rotatable bonds is 5. The second-order valence-electron chi connectivity index (χ2n) is 9.50. The Morgan fingerprint density at radius 1 is 0.806 bits per heavy atom. The minimum absolute atomic E-state index is 0. The largest absolute Gasteiger partial charge is 0.358 e. The molecule has 0 radical (unpaired) electrons. The number of benzene rings is 3. The van der Waals surface area contributed by atoms with Crippen LogP contribution >= 0.6 is 0 Å². The molecule has 2 nitrogen and oxygen atoms in total. The quantitative estimate of drug-likeness (QED) is 0.140. The van der Waals surface area contributed by atoms with E-state index in [1.165, 1.54) is 44.2 Å². The summed E-state index contributed by atoms with van der Waals surface area (Å²) in [6.45, 7) is 7.28. The molecule has 3 aromatic carbocycles. The van der Waals surface area contributed by atoms with E-state index in [-0.39, 0.29) is 85.0 Å². The summed E-state index contributed by atoms with van der Waals surface area (Å²) in [7, 11) is 2.19. The Morgan fingerprint density at radius 3 is 1.92 bits per heavy atom. The third-order valence-electron chi connectivity index (χ3n) is 6.05. The molecule has 1 aromatic heterocycles. The number of anilines is 1. The van der Waals surface area contributed by atoms with Gasteiger partial charge < -0.3 is 7.43 Å². The summed E-state index contributed by atoms with van der Waals surface area (Å²) in [5.41, 5.74) is 6.68. The molecule has 0 bridgehead atoms. The van der Waals surface area contributed by atoms with Crippen molar-refractivity contribution in [3.8, 4) is 0 Å². The molecule has 0 spiro atoms. The average molecular weight is 1720 g/mol. The van der Waals surface area contributed by atoms with Gasteiger partial charge in [0.2, 0.25) is 0 Å². The van der Waals surface area contributed by atoms with Gasteiger partial charge in [0.05, 0.1) is 0 Å². The van der Waals surface area contributed by atoms with Crippen LogP contribution in [0.5, 0.6) is 0 Å². The Kier molecular flexibility index (Phi) is 17.8. The number of hydrogen-bond acceptors (Lipinski definition) is 1. The molecule has 0 unspecified atom stereocenters. The fourth-order valence-electron chi connectivity index (χ4n) is 4.86. The van der Waals surface area contributed by atoms with Crippen molar-refractivity contribution in [1.29, 1.82) is 0 Å². The van der Waals surface area contributed by atoms with Gasteiger partial charge in [-0.2, -0.15) is 0 Å². The predicted molar refractivity (Wildman–Crippen MR) is 124 cm³/mol. The third-order valence-corrected chi connectivity index (χ3v) is 11.0. The molecule has 0 aliphatic carbocycles. The first kappa shape index (κ1) is 39.4. The summed E-state index contributed by atoms with van der Waals surface area (Å²) in [4.78, 5) is 2.84. The SMILES string of the molecule is C[c-]1c(/C=C/c2ccc(N([C](C)([Hg])[Hg])[C](C)([Hg])[Hg])cc2)[n+](C)c2ccc3ccccc3c21.[CH3-].[Hf].[Hf].[Hf]. The molecular formula is C27H27Hf3Hg4N2-. The first-order valence-electron chi connectivity index (χ1n) is 10.9. The molecule has 9 heteroatoms. The van der Waals surface area contributed by atoms with Gasteiger partial charge in [0, 0.05) is 77.5 Å². The van der Waals surface area contributed by atoms with Crippen LogP contribution in [0.25, 0.3) is 33.8 Å². The van der Waals surface area contributed by atoms with Crippen LogP contribution in [0, 0.1) is 14.4 Å². The van der Waals surface area contributed by atoms with Crippen molar-refractivity contribution in [1.82, 2.24) is 0 Å². The second kappa shape index (κ2) is 16.3. The zero-order valence-electron chi connectivity index (χ0n) is 22.2. The molecule has 0 aliphatic rings. The van der Waals surface area contributed by atoms with Crippen molar-refractivity contribution in [3.63, 3.8) is 0 Å². The summed E-state index contributed by atoms with van der Waals surface area (Å²) in [5, 5.41) is 4.03. The van der Waals surface area contributed by atoms with E-state index in [0.717, 1.165) is 104 Å². The minimum Gasteiger partial charge on any atom is -0.358 e. The van der Waals surface area contributed by atoms with E-state index >= 15 is 0 Å². The zero-order valence-corrected chi connectivity index (χ0v) is 54.9. The maximum atomic E-state index is 2.84. The van der Waals surface area contributed by atoms with E-state index < -0.39 is 0 Å². The smallest absolute Gasteiger partial charge is 0 e. The Hall–Kier alpha value is 3.35. The molecule has 166 valence electrons. The number of hydrogen-bond donors (Lipinski definition) is 0. The fourth-order valence-corrected chi connectivity index (χ4v) is 27.2. The van der Waals surface area contributed by atoms with Gasteiger partial charge in [0.25, 0.3) is 0 Å². The molecular weight excluding hydrogens is 1690 g/mol. The maximum Gasteiger partial charge on any atom is 0 e. The van der Waals surface area contributed by atoms with Crippen LogP contribution in [0.15, 0.2) is 60.7 Å². The molecule has 0 atom stereocenters. The molecule has 0 aliphatic heterocycles. The van der Waals surface area contributed by atoms with E-state index in [2.05, 4.69) is 110 Å². The van der Waals surface area contributed by atoms with Crippen molar-refractivity contribution in [3.05, 3.63) is 84.9 Å². The standard InChI is InChI=1S/C26H24N2.CH3.3Hf.4Hg/c1-5-28(6-2)22-15-11-20(12-16-22)13-17-24-19(3)26-23-10-8-7-9-21(23)14-18-25(26)27(24)4;;;;;;;;/h7-18H,1-4H3;1H3;;;;;;;/q;-1;;;;;;;. The van der Waals surface area contributed by atoms with Crippen molar-refractivity contribution < 1.29 is 187 Å². The van der Waals surface area contributed by atoms with E-state index in [9.17, 15) is 0 Å². The summed E-state index contributed by atoms with van der Waals surface area (Å²) in [6, 6.07) is 22.6. The molecule has 1 heterocycles. The molecule has 0 saturated heterocycles. The molecule has 0 amide bonds. The number of fused-ring (bicyclic) bond motifs is 3. The topological polar surface area (TPSA) is 7.12 Å². The van der Waals surface area contributed by atoms with Crippen LogP contribution in [0.3, 0.4) is 0 Å². The van der Waals surface area contributed by atoms with Crippen molar-refractivity contribution in [2.24, 2.45) is 7.05 Å². The Balaban J connectivity index is 0.00000306. The summed E-state index contributed by atoms with van der Waals surface area (Å²) in [5.74, 6) is 0. The monoisotopic (exact) mass is 1730 g/mol. The molecule has 0 saturated carbocycles. The number of aromatic nitrogens is 1. The van der Waals surface area contributed by atoms with Crippen LogP contribution in [0.4, 0.5) is 5.69 Å². The second-order valence-corrected chi connectivity index (χ2v) is 63.4. The van der Waals surface area contributed by atoms with Gasteiger partial charge in [-0.1, -0.05) is 35.7 Å². The number of nitrogens with zero attached hydrogens (tertiary/aromatic N) is 2. The average Bonchev–Trinajstić information content (AvgIpc) is 2.95. The van der Waals surface area contributed by atoms with Crippen molar-refractivity contribution >= 4 is 39.5 Å². The van der Waals surface area contributed by atoms with Crippen LogP contribution in [0.1, 0.15) is 30.7 Å². The zero-order chi connectivity index (χ0) is 23.3. The normalized spacial score (nSPS) is 11.6. The van der Waals surface area contributed by atoms with Gasteiger partial charge in [0.1, 0.15) is 0 Å². The number of aryl methyl sites for hydroxylation is 2. The van der Waals surface area contributed by atoms with E-state index in [1.54, 1.807) is 0 Å². The minimum atomic E-state index is 0. The first-order valence-corrected chi connectivity index (χ1v) is 21.9. The van der Waals surface area contributed by atoms with Gasteiger partial charge in [-0.25, -0.2) is 0 Å². The van der Waals surface area contributed by atoms with Crippen LogP contribution < -0.4 is 9.47 Å². The van der Waals surface area contributed by atoms with Crippen LogP contribution in [0.2, 0.25) is 0 Å². The summed E-state index contributed by atoms with van der Waals surface area (Å²) < 4.78 is 3.41. The predicted octanol–water partition coefficient (Wildman–Crippen LogP) is 5.80. The van der Waals surface area contributed by atoms with Gasteiger partial charge in [-0.05, 0) is 0 Å². The van der Waals surface area contributed by atoms with Gasteiger partial charge in [-0.3, -0.25) is 0 Å². The van der Waals surface area contributed by atoms with Crippen LogP contribution in [-0.2, 0) is 189 Å². The molecule has 4 rings (SSSR count). The Morgan fingerprint density at radius 2 is 1.36 bits per heavy atom. The summed E-state index contributed by atoms with van der Waals surface area (Å²) in [6.07, 6.45) is 4.57. The maximum absolute atomic E-state index is 2.84. The molecule has 36 heavy (non-hydrogen) atoms. The van der Waals surface area contributed by atoms with Crippen molar-refractivity contribution in [2.45, 2.75) is 21.9 Å². The van der Waals surface area contributed by atoms with Crippen LogP contribution in [-0.4, -0.2) is 1.11 Å². The van der Waals surface area contributed by atoms with E-state index in [0.29, 0.717) is 1.11 Å². The molecule has 0 fully saturated rings. The van der Waals surface area contributed by atoms with Crippen molar-refractivity contribution in [2.75, 3.05) is 4.90 Å². The van der Waals surface area contributed by atoms with Gasteiger partial charge in [0.15, 0.2) is 0 Å². The molecule has 4 aromatic rings. The third kappa shape index (κ3) is 8.93. The molecule has 0 N–H and O–H groups in total. The van der Waals surface area contributed by atoms with Gasteiger partial charge >= 0.3 is 224 Å². The Bertz CT molecular complexity index is 1310.